The number of cyclic esters (lactones) is 4. The number of aliphatic hydroxyl groups excluding tert-OH is 3. The number of aromatic hydroxyl groups is 3. The van der Waals surface area contributed by atoms with Crippen molar-refractivity contribution in [2.24, 2.45) is 35.5 Å². The van der Waals surface area contributed by atoms with Gasteiger partial charge in [0.05, 0.1) is 99.8 Å². The van der Waals surface area contributed by atoms with Gasteiger partial charge in [-0.1, -0.05) is 105 Å². The zero-order valence-corrected chi connectivity index (χ0v) is 65.6. The summed E-state index contributed by atoms with van der Waals surface area (Å²) in [5.41, 5.74) is 1.41. The molecule has 3 unspecified atom stereocenters. The van der Waals surface area contributed by atoms with Crippen LogP contribution in [0.15, 0.2) is 146 Å². The molecule has 36 heteroatoms. The number of esters is 4. The van der Waals surface area contributed by atoms with Crippen molar-refractivity contribution in [1.82, 2.24) is 57.1 Å². The summed E-state index contributed by atoms with van der Waals surface area (Å²) in [6.45, 7) is 9.97. The molecule has 36 nitrogen and oxygen atoms in total. The molecule has 630 valence electrons. The van der Waals surface area contributed by atoms with Crippen LogP contribution in [0.3, 0.4) is 0 Å². The second-order valence-electron chi connectivity index (χ2n) is 29.8. The minimum Gasteiger partial charge on any atom is -0.505 e. The molecule has 6 aromatic rings. The van der Waals surface area contributed by atoms with E-state index < -0.39 is 203 Å². The molecule has 118 heavy (non-hydrogen) atoms. The van der Waals surface area contributed by atoms with E-state index in [2.05, 4.69) is 52.2 Å². The highest BCUT2D eigenvalue weighted by molar-refractivity contribution is 6.01. The van der Waals surface area contributed by atoms with Gasteiger partial charge < -0.3 is 106 Å². The number of nitrogens with zero attached hydrogens (tertiary/aromatic N) is 4. The van der Waals surface area contributed by atoms with Crippen molar-refractivity contribution < 1.29 is 121 Å². The van der Waals surface area contributed by atoms with E-state index in [0.29, 0.717) is 0 Å². The molecule has 9 heterocycles. The zero-order chi connectivity index (χ0) is 85.2. The Kier molecular flexibility index (Phi) is 30.4. The number of aliphatic hydroxyl groups is 3. The predicted molar refractivity (Wildman–Crippen MR) is 411 cm³/mol. The molecule has 3 aromatic heterocycles. The Balaban J connectivity index is 0.000000186. The van der Waals surface area contributed by atoms with Crippen LogP contribution in [0.4, 0.5) is 0 Å². The number of carbonyl (C=O) groups is 12. The molecular formula is C82H97N11O25. The fourth-order valence-corrected chi connectivity index (χ4v) is 13.8. The summed E-state index contributed by atoms with van der Waals surface area (Å²) >= 11 is 0. The smallest absolute Gasteiger partial charge is 0.348 e. The minimum absolute atomic E-state index is 0.154. The predicted octanol–water partition coefficient (Wildman–Crippen LogP) is -0.171. The van der Waals surface area contributed by atoms with Crippen LogP contribution < -0.4 is 37.2 Å². The van der Waals surface area contributed by atoms with Crippen LogP contribution in [0, 0.1) is 35.5 Å². The lowest BCUT2D eigenvalue weighted by atomic mass is 9.89. The van der Waals surface area contributed by atoms with E-state index >= 15 is 0 Å². The van der Waals surface area contributed by atoms with Gasteiger partial charge in [-0.25, -0.2) is 29.3 Å². The Bertz CT molecular complexity index is 4360. The van der Waals surface area contributed by atoms with E-state index in [9.17, 15) is 88.2 Å². The number of aromatic nitrogens is 3. The van der Waals surface area contributed by atoms with Crippen molar-refractivity contribution in [3.8, 4) is 17.2 Å². The van der Waals surface area contributed by atoms with E-state index in [4.69, 9.17) is 33.2 Å². The summed E-state index contributed by atoms with van der Waals surface area (Å²) in [4.78, 5) is 172. The summed E-state index contributed by atoms with van der Waals surface area (Å²) in [5.74, 6) is -14.8. The Hall–Kier alpha value is -12.1. The van der Waals surface area contributed by atoms with Gasteiger partial charge in [-0.2, -0.15) is 0 Å². The molecule has 6 fully saturated rings. The number of carbonyl (C=O) groups excluding carboxylic acids is 12. The first-order valence-corrected chi connectivity index (χ1v) is 38.4. The lowest BCUT2D eigenvalue weighted by Crippen LogP contribution is -2.62. The summed E-state index contributed by atoms with van der Waals surface area (Å²) in [5, 5.41) is 82.4. The van der Waals surface area contributed by atoms with Gasteiger partial charge in [-0.05, 0) is 100 Å². The number of likely N-dealkylation sites (N-methyl/N-ethyl adjacent to an activating group) is 1. The first kappa shape index (κ1) is 88.3. The number of pyridine rings is 3. The molecule has 8 amide bonds. The molecule has 6 saturated heterocycles. The number of hydrogen-bond donors (Lipinski definition) is 13. The van der Waals surface area contributed by atoms with Crippen LogP contribution in [-0.2, 0) is 95.6 Å². The van der Waals surface area contributed by atoms with Crippen LogP contribution >= 0.6 is 0 Å². The third kappa shape index (κ3) is 22.1. The summed E-state index contributed by atoms with van der Waals surface area (Å²) < 4.78 is 37.9. The monoisotopic (exact) mass is 1640 g/mol. The number of ether oxygens (including phenoxy) is 7. The second kappa shape index (κ2) is 40.7. The van der Waals surface area contributed by atoms with Crippen molar-refractivity contribution in [3.05, 3.63) is 180 Å². The highest BCUT2D eigenvalue weighted by Gasteiger charge is 2.49. The summed E-state index contributed by atoms with van der Waals surface area (Å²) in [7, 11) is 1.47. The zero-order valence-electron chi connectivity index (χ0n) is 65.6. The van der Waals surface area contributed by atoms with Gasteiger partial charge in [0.2, 0.25) is 35.6 Å². The van der Waals surface area contributed by atoms with E-state index in [0.717, 1.165) is 16.7 Å². The third-order valence-corrected chi connectivity index (χ3v) is 21.2. The van der Waals surface area contributed by atoms with Gasteiger partial charge in [0.15, 0.2) is 17.1 Å². The Labute approximate surface area is 677 Å². The van der Waals surface area contributed by atoms with Crippen molar-refractivity contribution >= 4 is 71.1 Å². The first-order valence-electron chi connectivity index (χ1n) is 38.4. The highest BCUT2D eigenvalue weighted by atomic mass is 16.6. The van der Waals surface area contributed by atoms with Crippen LogP contribution in [0.25, 0.3) is 0 Å². The summed E-state index contributed by atoms with van der Waals surface area (Å²) in [6, 6.07) is 26.1. The normalized spacial score (nSPS) is 28.5. The van der Waals surface area contributed by atoms with Gasteiger partial charge >= 0.3 is 23.9 Å². The number of benzene rings is 3. The second-order valence-corrected chi connectivity index (χ2v) is 29.8. The Morgan fingerprint density at radius 3 is 1.08 bits per heavy atom. The van der Waals surface area contributed by atoms with E-state index in [1.165, 1.54) is 108 Å². The molecule has 12 rings (SSSR count). The van der Waals surface area contributed by atoms with E-state index in [1.807, 2.05) is 66.7 Å². The molecule has 6 aliphatic heterocycles. The molecule has 13 N–H and O–H groups in total. The lowest BCUT2D eigenvalue weighted by molar-refractivity contribution is -0.192. The maximum Gasteiger partial charge on any atom is 0.348 e. The van der Waals surface area contributed by atoms with Crippen molar-refractivity contribution in [2.45, 2.75) is 152 Å². The Morgan fingerprint density at radius 1 is 0.398 bits per heavy atom. The molecule has 0 radical (unpaired) electrons. The number of amides is 8. The van der Waals surface area contributed by atoms with Crippen molar-refractivity contribution in [1.29, 1.82) is 0 Å². The first-order chi connectivity index (χ1) is 56.4. The standard InChI is InChI=1S/C28H34N4O8.C27H32N4O8.C27H31N3O9/c1-15-24(34)19(12-17-8-5-4-6-9-17)30-25(35)21(31-26(36)22-20(33)10-7-11-29-22)16(2)40-28(38)23(18-13-39-14-18)32(3)27(15)37;1-14-23(33)18(11-16-7-4-3-5-8-16)29-25(35)20(30-26(36)22-19(32)9-6-10-28-22)15(2)39-27(37)21(31-24(14)34)17-12-38-13-17;1-14-22(32)18(11-16-7-4-3-5-8-16)29-24(33)20(30-25(34)21-19(31)9-6-10-28-21)15(2)38-27(36)23(39-26(14)35)17-12-37-13-17/h4-11,15-16,18-19,21,23-24,33-34H,12-14H2,1-3H3,(H,30,35)(H,31,36);3-10,14-15,17-18,20-21,23,32-33H,11-13H2,1-2H3,(H,29,35)(H,30,36)(H,31,34);3-10,14-15,17-18,20,22-23,31-32H,11-13H2,1-2H3,(H,29,33)(H,30,34)/t15-,16-,19+,21+,23?,24+;14-,15-,18+,20+,21?,23+;14-,15-,18+,20+,22+,23?/m111/s1. The van der Waals surface area contributed by atoms with Gasteiger partial charge in [0.1, 0.15) is 65.8 Å². The van der Waals surface area contributed by atoms with Gasteiger partial charge in [-0.15, -0.1) is 0 Å². The average Bonchev–Trinajstić information content (AvgIpc) is 0.488. The molecule has 18 atom stereocenters. The average molecular weight is 1640 g/mol. The van der Waals surface area contributed by atoms with Gasteiger partial charge in [0.25, 0.3) is 17.7 Å². The number of rotatable bonds is 15. The van der Waals surface area contributed by atoms with Crippen LogP contribution in [0.5, 0.6) is 17.2 Å². The highest BCUT2D eigenvalue weighted by Crippen LogP contribution is 2.29. The molecule has 3 aromatic carbocycles. The number of hydrogen-bond acceptors (Lipinski definition) is 28. The topological polar surface area (TPSA) is 517 Å². The molecular weight excluding hydrogens is 1540 g/mol. The third-order valence-electron chi connectivity index (χ3n) is 21.2. The van der Waals surface area contributed by atoms with Gasteiger partial charge in [-0.3, -0.25) is 43.2 Å². The van der Waals surface area contributed by atoms with E-state index in [-0.39, 0.29) is 87.8 Å². The largest absolute Gasteiger partial charge is 0.505 e. The molecule has 6 aliphatic rings. The fraction of sp³-hybridized carbons (Fsp3) is 0.451. The maximum absolute atomic E-state index is 13.7. The molecule has 0 aliphatic carbocycles. The molecule has 0 bridgehead atoms. The van der Waals surface area contributed by atoms with Crippen molar-refractivity contribution in [2.75, 3.05) is 46.7 Å². The Morgan fingerprint density at radius 2 is 0.737 bits per heavy atom. The van der Waals surface area contributed by atoms with Crippen LogP contribution in [0.2, 0.25) is 0 Å². The molecule has 0 spiro atoms. The van der Waals surface area contributed by atoms with Crippen molar-refractivity contribution in [3.63, 3.8) is 0 Å². The van der Waals surface area contributed by atoms with Crippen LogP contribution in [0.1, 0.15) is 89.7 Å². The molecule has 0 saturated carbocycles. The summed E-state index contributed by atoms with van der Waals surface area (Å²) in [6.07, 6.45) is -4.59. The maximum atomic E-state index is 13.7. The van der Waals surface area contributed by atoms with Gasteiger partial charge in [0, 0.05) is 37.5 Å². The van der Waals surface area contributed by atoms with Crippen LogP contribution in [-0.4, -0.2) is 259 Å². The SMILES string of the molecule is C[C@H]1OC(=O)C(C2COC2)N(C)C(=O)[C@H](C)[C@H](O)[C@H](Cc2ccccc2)NC(=O)[C@H]1NC(=O)c1ncccc1O.C[C@H]1OC(=O)C(C2COC2)NC(=O)[C@H](C)[C@H](O)[C@H](Cc2ccccc2)NC(=O)[C@H]1NC(=O)c1ncccc1O.C[C@H]1OC(=O)C(C2COC2)OC(=O)[C@H](C)[C@H](O)[C@H](Cc2ccccc2)NC(=O)[C@H]1NC(=O)c1ncccc1O. The minimum atomic E-state index is -1.45. The quantitative estimate of drug-likeness (QED) is 0.0469. The fourth-order valence-electron chi connectivity index (χ4n) is 13.8. The van der Waals surface area contributed by atoms with E-state index in [1.54, 1.807) is 24.3 Å². The lowest BCUT2D eigenvalue weighted by Gasteiger charge is -2.41. The number of nitrogens with one attached hydrogen (secondary N) is 7.